The third-order valence-corrected chi connectivity index (χ3v) is 4.70. The van der Waals surface area contributed by atoms with Gasteiger partial charge in [0.15, 0.2) is 0 Å². The van der Waals surface area contributed by atoms with Crippen molar-refractivity contribution in [3.63, 3.8) is 0 Å². The summed E-state index contributed by atoms with van der Waals surface area (Å²) in [6.45, 7) is 2.11. The van der Waals surface area contributed by atoms with Gasteiger partial charge in [-0.2, -0.15) is 0 Å². The van der Waals surface area contributed by atoms with E-state index in [4.69, 9.17) is 11.6 Å². The van der Waals surface area contributed by atoms with E-state index in [2.05, 4.69) is 10.6 Å². The average molecular weight is 392 g/mol. The van der Waals surface area contributed by atoms with Crippen LogP contribution >= 0.6 is 23.4 Å². The number of nitrogens with zero attached hydrogens (tertiary/aromatic N) is 1. The molecule has 2 N–H and O–H groups in total. The summed E-state index contributed by atoms with van der Waals surface area (Å²) in [6, 6.07) is 12.9. The predicted molar refractivity (Wildman–Crippen MR) is 109 cm³/mol. The van der Waals surface area contributed by atoms with Gasteiger partial charge in [-0.25, -0.2) is 0 Å². The summed E-state index contributed by atoms with van der Waals surface area (Å²) in [5.74, 6) is -0.347. The van der Waals surface area contributed by atoms with E-state index in [0.29, 0.717) is 10.7 Å². The Balaban J connectivity index is 1.86. The van der Waals surface area contributed by atoms with E-state index in [1.165, 1.54) is 0 Å². The molecule has 0 radical (unpaired) electrons. The van der Waals surface area contributed by atoms with Crippen LogP contribution in [0.4, 0.5) is 11.4 Å². The summed E-state index contributed by atoms with van der Waals surface area (Å²) >= 11 is 7.48. The first-order chi connectivity index (χ1) is 12.4. The first-order valence-corrected chi connectivity index (χ1v) is 9.66. The second-order valence-electron chi connectivity index (χ2n) is 5.93. The van der Waals surface area contributed by atoms with Gasteiger partial charge >= 0.3 is 0 Å². The van der Waals surface area contributed by atoms with Crippen LogP contribution in [-0.2, 0) is 9.59 Å². The van der Waals surface area contributed by atoms with Crippen LogP contribution in [0.2, 0.25) is 5.02 Å². The lowest BCUT2D eigenvalue weighted by Crippen LogP contribution is -2.36. The first kappa shape index (κ1) is 20.3. The number of amides is 2. The third kappa shape index (κ3) is 6.05. The molecule has 2 rings (SSSR count). The molecule has 0 aromatic heterocycles. The summed E-state index contributed by atoms with van der Waals surface area (Å²) < 4.78 is 0. The SMILES string of the molecule is CSc1ccccc1NC(=O)CN(C)CC(=O)Nc1ccc(Cl)cc1C. The minimum absolute atomic E-state index is 0.111. The molecule has 7 heteroatoms. The van der Waals surface area contributed by atoms with Crippen LogP contribution in [0.1, 0.15) is 5.56 Å². The number of nitrogens with one attached hydrogen (secondary N) is 2. The molecule has 0 bridgehead atoms. The van der Waals surface area contributed by atoms with Crippen LogP contribution in [-0.4, -0.2) is 43.1 Å². The van der Waals surface area contributed by atoms with Crippen molar-refractivity contribution in [3.05, 3.63) is 53.1 Å². The van der Waals surface area contributed by atoms with Gasteiger partial charge in [-0.15, -0.1) is 11.8 Å². The van der Waals surface area contributed by atoms with Gasteiger partial charge in [0.2, 0.25) is 11.8 Å². The monoisotopic (exact) mass is 391 g/mol. The summed E-state index contributed by atoms with van der Waals surface area (Å²) in [6.07, 6.45) is 1.96. The molecular formula is C19H22ClN3O2S. The number of rotatable bonds is 7. The number of anilines is 2. The van der Waals surface area contributed by atoms with E-state index in [-0.39, 0.29) is 24.9 Å². The van der Waals surface area contributed by atoms with Crippen molar-refractivity contribution < 1.29 is 9.59 Å². The van der Waals surface area contributed by atoms with Crippen LogP contribution in [0.15, 0.2) is 47.4 Å². The standard InChI is InChI=1S/C19H22ClN3O2S/c1-13-10-14(20)8-9-15(13)21-18(24)11-23(2)12-19(25)22-16-6-4-5-7-17(16)26-3/h4-10H,11-12H2,1-3H3,(H,21,24)(H,22,25). The van der Waals surface area contributed by atoms with Crippen molar-refractivity contribution in [3.8, 4) is 0 Å². The molecule has 0 unspecified atom stereocenters. The highest BCUT2D eigenvalue weighted by Crippen LogP contribution is 2.24. The zero-order valence-corrected chi connectivity index (χ0v) is 16.6. The van der Waals surface area contributed by atoms with Crippen LogP contribution < -0.4 is 10.6 Å². The maximum atomic E-state index is 12.2. The van der Waals surface area contributed by atoms with Crippen molar-refractivity contribution >= 4 is 46.6 Å². The maximum absolute atomic E-state index is 12.2. The number of aryl methyl sites for hydroxylation is 1. The van der Waals surface area contributed by atoms with Crippen LogP contribution in [0, 0.1) is 6.92 Å². The van der Waals surface area contributed by atoms with E-state index < -0.39 is 0 Å². The minimum Gasteiger partial charge on any atom is -0.325 e. The number of carbonyl (C=O) groups is 2. The van der Waals surface area contributed by atoms with Crippen LogP contribution in [0.3, 0.4) is 0 Å². The molecular weight excluding hydrogens is 370 g/mol. The molecule has 0 fully saturated rings. The van der Waals surface area contributed by atoms with Gasteiger partial charge in [0.25, 0.3) is 0 Å². The average Bonchev–Trinajstić information content (AvgIpc) is 2.57. The molecule has 2 aromatic carbocycles. The topological polar surface area (TPSA) is 61.4 Å². The molecule has 0 aliphatic heterocycles. The molecule has 5 nitrogen and oxygen atoms in total. The van der Waals surface area contributed by atoms with Crippen molar-refractivity contribution in [2.45, 2.75) is 11.8 Å². The zero-order chi connectivity index (χ0) is 19.1. The fourth-order valence-electron chi connectivity index (χ4n) is 2.44. The lowest BCUT2D eigenvalue weighted by atomic mass is 10.2. The number of thioether (sulfide) groups is 1. The number of halogens is 1. The van der Waals surface area contributed by atoms with Gasteiger partial charge in [-0.1, -0.05) is 23.7 Å². The molecule has 0 aliphatic rings. The van der Waals surface area contributed by atoms with Gasteiger partial charge in [0, 0.05) is 15.6 Å². The molecule has 0 saturated carbocycles. The quantitative estimate of drug-likeness (QED) is 0.703. The minimum atomic E-state index is -0.185. The van der Waals surface area contributed by atoms with E-state index in [1.807, 2.05) is 37.4 Å². The molecule has 2 amide bonds. The Morgan fingerprint density at radius 1 is 1.04 bits per heavy atom. The summed E-state index contributed by atoms with van der Waals surface area (Å²) in [4.78, 5) is 27.1. The second kappa shape index (κ2) is 9.62. The number of carbonyl (C=O) groups excluding carboxylic acids is 2. The Morgan fingerprint density at radius 3 is 2.27 bits per heavy atom. The number of likely N-dealkylation sites (N-methyl/N-ethyl adjacent to an activating group) is 1. The van der Waals surface area contributed by atoms with Crippen molar-refractivity contribution in [1.29, 1.82) is 0 Å². The maximum Gasteiger partial charge on any atom is 0.238 e. The lowest BCUT2D eigenvalue weighted by Gasteiger charge is -2.17. The molecule has 0 saturated heterocycles. The number of para-hydroxylation sites is 1. The molecule has 0 atom stereocenters. The van der Waals surface area contributed by atoms with Gasteiger partial charge < -0.3 is 10.6 Å². The lowest BCUT2D eigenvalue weighted by molar-refractivity contribution is -0.119. The third-order valence-electron chi connectivity index (χ3n) is 3.67. The van der Waals surface area contributed by atoms with Crippen LogP contribution in [0.25, 0.3) is 0 Å². The molecule has 0 heterocycles. The molecule has 2 aromatic rings. The van der Waals surface area contributed by atoms with Gasteiger partial charge in [0.05, 0.1) is 18.8 Å². The Kier molecular flexibility index (Phi) is 7.50. The van der Waals surface area contributed by atoms with Crippen molar-refractivity contribution in [1.82, 2.24) is 4.90 Å². The first-order valence-electron chi connectivity index (χ1n) is 8.06. The molecule has 26 heavy (non-hydrogen) atoms. The predicted octanol–water partition coefficient (Wildman–Crippen LogP) is 3.88. The summed E-state index contributed by atoms with van der Waals surface area (Å²) in [5.41, 5.74) is 2.38. The molecule has 138 valence electrons. The van der Waals surface area contributed by atoms with Crippen LogP contribution in [0.5, 0.6) is 0 Å². The number of hydrogen-bond donors (Lipinski definition) is 2. The van der Waals surface area contributed by atoms with E-state index in [9.17, 15) is 9.59 Å². The smallest absolute Gasteiger partial charge is 0.238 e. The molecule has 0 aliphatic carbocycles. The van der Waals surface area contributed by atoms with E-state index in [1.54, 1.807) is 41.9 Å². The van der Waals surface area contributed by atoms with Crippen molar-refractivity contribution in [2.24, 2.45) is 0 Å². The molecule has 0 spiro atoms. The summed E-state index contributed by atoms with van der Waals surface area (Å²) in [7, 11) is 1.73. The zero-order valence-electron chi connectivity index (χ0n) is 15.0. The van der Waals surface area contributed by atoms with Gasteiger partial charge in [-0.3, -0.25) is 14.5 Å². The van der Waals surface area contributed by atoms with Gasteiger partial charge in [-0.05, 0) is 56.1 Å². The van der Waals surface area contributed by atoms with Crippen molar-refractivity contribution in [2.75, 3.05) is 37.0 Å². The normalized spacial score (nSPS) is 10.7. The van der Waals surface area contributed by atoms with E-state index in [0.717, 1.165) is 16.1 Å². The Labute approximate surface area is 163 Å². The Morgan fingerprint density at radius 2 is 1.65 bits per heavy atom. The fourth-order valence-corrected chi connectivity index (χ4v) is 3.22. The number of benzene rings is 2. The fraction of sp³-hybridized carbons (Fsp3) is 0.263. The Hall–Kier alpha value is -2.02. The highest BCUT2D eigenvalue weighted by Gasteiger charge is 2.13. The van der Waals surface area contributed by atoms with Gasteiger partial charge in [0.1, 0.15) is 0 Å². The summed E-state index contributed by atoms with van der Waals surface area (Å²) in [5, 5.41) is 6.34. The largest absolute Gasteiger partial charge is 0.325 e. The second-order valence-corrected chi connectivity index (χ2v) is 7.21. The number of hydrogen-bond acceptors (Lipinski definition) is 4. The van der Waals surface area contributed by atoms with E-state index >= 15 is 0 Å². The highest BCUT2D eigenvalue weighted by molar-refractivity contribution is 7.98. The highest BCUT2D eigenvalue weighted by atomic mass is 35.5. The Bertz CT molecular complexity index is 798.